The maximum atomic E-state index is 12.0. The number of hydrogen-bond acceptors (Lipinski definition) is 5. The minimum atomic E-state index is -0.681. The normalized spacial score (nSPS) is 19.7. The van der Waals surface area contributed by atoms with Crippen molar-refractivity contribution in [2.45, 2.75) is 51.6 Å². The van der Waals surface area contributed by atoms with E-state index in [1.807, 2.05) is 27.0 Å². The van der Waals surface area contributed by atoms with Crippen molar-refractivity contribution in [2.24, 2.45) is 5.92 Å². The lowest BCUT2D eigenvalue weighted by molar-refractivity contribution is -0.123. The maximum Gasteiger partial charge on any atom is 0.407 e. The van der Waals surface area contributed by atoms with Gasteiger partial charge in [-0.15, -0.1) is 0 Å². The van der Waals surface area contributed by atoms with E-state index in [0.29, 0.717) is 13.0 Å². The predicted molar refractivity (Wildman–Crippen MR) is 86.6 cm³/mol. The molecule has 0 aromatic carbocycles. The Bertz CT molecular complexity index is 434. The lowest BCUT2D eigenvalue weighted by atomic mass is 10.0. The SMILES string of the molecule is CC(C)CC(NC(=O)OCC1CCCCN1C)C(=O)NCC#N. The van der Waals surface area contributed by atoms with Crippen LogP contribution < -0.4 is 10.6 Å². The summed E-state index contributed by atoms with van der Waals surface area (Å²) < 4.78 is 5.28. The highest BCUT2D eigenvalue weighted by atomic mass is 16.5. The van der Waals surface area contributed by atoms with E-state index in [1.54, 1.807) is 0 Å². The maximum absolute atomic E-state index is 12.0. The molecular weight excluding hydrogens is 296 g/mol. The monoisotopic (exact) mass is 324 g/mol. The van der Waals surface area contributed by atoms with Crippen LogP contribution in [0, 0.1) is 17.2 Å². The molecule has 130 valence electrons. The number of nitrogens with zero attached hydrogens (tertiary/aromatic N) is 2. The summed E-state index contributed by atoms with van der Waals surface area (Å²) in [5.74, 6) is -0.121. The Morgan fingerprint density at radius 3 is 2.74 bits per heavy atom. The van der Waals surface area contributed by atoms with Crippen LogP contribution >= 0.6 is 0 Å². The number of alkyl carbamates (subject to hydrolysis) is 1. The van der Waals surface area contributed by atoms with Gasteiger partial charge >= 0.3 is 6.09 Å². The van der Waals surface area contributed by atoms with Crippen molar-refractivity contribution in [2.75, 3.05) is 26.7 Å². The minimum absolute atomic E-state index is 0.0724. The first-order valence-electron chi connectivity index (χ1n) is 8.22. The van der Waals surface area contributed by atoms with E-state index in [2.05, 4.69) is 15.5 Å². The van der Waals surface area contributed by atoms with Gasteiger partial charge in [0.25, 0.3) is 0 Å². The van der Waals surface area contributed by atoms with Crippen molar-refractivity contribution in [3.63, 3.8) is 0 Å². The van der Waals surface area contributed by atoms with E-state index in [-0.39, 0.29) is 24.4 Å². The molecule has 0 radical (unpaired) electrons. The Labute approximate surface area is 138 Å². The van der Waals surface area contributed by atoms with Crippen LogP contribution in [0.25, 0.3) is 0 Å². The molecule has 2 N–H and O–H groups in total. The number of amides is 2. The molecule has 0 bridgehead atoms. The first kappa shape index (κ1) is 19.2. The number of rotatable bonds is 7. The molecule has 1 aliphatic heterocycles. The van der Waals surface area contributed by atoms with Gasteiger partial charge in [-0.05, 0) is 38.8 Å². The standard InChI is InChI=1S/C16H28N4O3/c1-12(2)10-14(15(21)18-8-7-17)19-16(22)23-11-13-6-4-5-9-20(13)3/h12-14H,4-6,8-11H2,1-3H3,(H,18,21)(H,19,22). The fourth-order valence-electron chi connectivity index (χ4n) is 2.66. The Balaban J connectivity index is 2.45. The van der Waals surface area contributed by atoms with Gasteiger partial charge in [0.2, 0.25) is 5.91 Å². The van der Waals surface area contributed by atoms with Crippen LogP contribution in [0.15, 0.2) is 0 Å². The molecule has 7 nitrogen and oxygen atoms in total. The van der Waals surface area contributed by atoms with Crippen LogP contribution in [-0.4, -0.2) is 55.7 Å². The molecule has 1 fully saturated rings. The van der Waals surface area contributed by atoms with Crippen LogP contribution in [0.1, 0.15) is 39.5 Å². The number of likely N-dealkylation sites (N-methyl/N-ethyl adjacent to an activating group) is 1. The number of carbonyl (C=O) groups is 2. The summed E-state index contributed by atoms with van der Waals surface area (Å²) in [5.41, 5.74) is 0. The van der Waals surface area contributed by atoms with Gasteiger partial charge in [-0.1, -0.05) is 20.3 Å². The van der Waals surface area contributed by atoms with Crippen LogP contribution in [-0.2, 0) is 9.53 Å². The summed E-state index contributed by atoms with van der Waals surface area (Å²) in [6.45, 7) is 5.21. The summed E-state index contributed by atoms with van der Waals surface area (Å²) in [5, 5.41) is 13.6. The second kappa shape index (κ2) is 10.1. The second-order valence-electron chi connectivity index (χ2n) is 6.43. The van der Waals surface area contributed by atoms with Gasteiger partial charge in [0.1, 0.15) is 19.2 Å². The third-order valence-corrected chi connectivity index (χ3v) is 3.99. The molecule has 0 saturated carbocycles. The summed E-state index contributed by atoms with van der Waals surface area (Å²) >= 11 is 0. The fourth-order valence-corrected chi connectivity index (χ4v) is 2.66. The molecule has 1 aliphatic rings. The molecule has 2 amide bonds. The average molecular weight is 324 g/mol. The zero-order chi connectivity index (χ0) is 17.2. The van der Waals surface area contributed by atoms with Gasteiger partial charge in [-0.3, -0.25) is 4.79 Å². The van der Waals surface area contributed by atoms with Crippen molar-refractivity contribution in [3.8, 4) is 6.07 Å². The predicted octanol–water partition coefficient (Wildman–Crippen LogP) is 1.25. The van der Waals surface area contributed by atoms with Gasteiger partial charge in [-0.25, -0.2) is 4.79 Å². The molecule has 2 unspecified atom stereocenters. The first-order chi connectivity index (χ1) is 10.9. The largest absolute Gasteiger partial charge is 0.448 e. The highest BCUT2D eigenvalue weighted by Crippen LogP contribution is 2.15. The molecule has 0 aliphatic carbocycles. The molecule has 23 heavy (non-hydrogen) atoms. The topological polar surface area (TPSA) is 94.5 Å². The van der Waals surface area contributed by atoms with Crippen molar-refractivity contribution < 1.29 is 14.3 Å². The van der Waals surface area contributed by atoms with E-state index in [9.17, 15) is 9.59 Å². The van der Waals surface area contributed by atoms with Crippen molar-refractivity contribution in [1.82, 2.24) is 15.5 Å². The quantitative estimate of drug-likeness (QED) is 0.687. The highest BCUT2D eigenvalue weighted by Gasteiger charge is 2.24. The third kappa shape index (κ3) is 7.33. The minimum Gasteiger partial charge on any atom is -0.448 e. The summed E-state index contributed by atoms with van der Waals surface area (Å²) in [4.78, 5) is 26.2. The number of piperidine rings is 1. The number of likely N-dealkylation sites (tertiary alicyclic amines) is 1. The zero-order valence-electron chi connectivity index (χ0n) is 14.3. The molecule has 2 atom stereocenters. The second-order valence-corrected chi connectivity index (χ2v) is 6.43. The molecule has 0 aromatic heterocycles. The molecular formula is C16H28N4O3. The van der Waals surface area contributed by atoms with Crippen LogP contribution in [0.3, 0.4) is 0 Å². The molecule has 1 heterocycles. The zero-order valence-corrected chi connectivity index (χ0v) is 14.3. The Morgan fingerprint density at radius 1 is 1.39 bits per heavy atom. The Kier molecular flexibility index (Phi) is 8.41. The van der Waals surface area contributed by atoms with Gasteiger partial charge in [-0.2, -0.15) is 5.26 Å². The Morgan fingerprint density at radius 2 is 2.13 bits per heavy atom. The van der Waals surface area contributed by atoms with Gasteiger partial charge in [0.15, 0.2) is 0 Å². The third-order valence-electron chi connectivity index (χ3n) is 3.99. The van der Waals surface area contributed by atoms with E-state index in [0.717, 1.165) is 19.4 Å². The number of nitriles is 1. The fraction of sp³-hybridized carbons (Fsp3) is 0.812. The number of hydrogen-bond donors (Lipinski definition) is 2. The lowest BCUT2D eigenvalue weighted by Gasteiger charge is -2.32. The van der Waals surface area contributed by atoms with Crippen LogP contribution in [0.4, 0.5) is 4.79 Å². The van der Waals surface area contributed by atoms with Gasteiger partial charge in [0.05, 0.1) is 6.07 Å². The van der Waals surface area contributed by atoms with Gasteiger partial charge in [0, 0.05) is 6.04 Å². The summed E-state index contributed by atoms with van der Waals surface area (Å²) in [6.07, 6.45) is 3.25. The molecule has 7 heteroatoms. The first-order valence-corrected chi connectivity index (χ1v) is 8.22. The van der Waals surface area contributed by atoms with E-state index < -0.39 is 12.1 Å². The molecule has 1 rings (SSSR count). The molecule has 0 spiro atoms. The van der Waals surface area contributed by atoms with Crippen molar-refractivity contribution in [1.29, 1.82) is 5.26 Å². The molecule has 1 saturated heterocycles. The van der Waals surface area contributed by atoms with E-state index in [4.69, 9.17) is 10.00 Å². The summed E-state index contributed by atoms with van der Waals surface area (Å²) in [7, 11) is 2.03. The smallest absolute Gasteiger partial charge is 0.407 e. The highest BCUT2D eigenvalue weighted by molar-refractivity contribution is 5.85. The average Bonchev–Trinajstić information content (AvgIpc) is 2.50. The molecule has 0 aromatic rings. The Hall–Kier alpha value is -1.81. The van der Waals surface area contributed by atoms with Crippen molar-refractivity contribution in [3.05, 3.63) is 0 Å². The van der Waals surface area contributed by atoms with Crippen LogP contribution in [0.5, 0.6) is 0 Å². The number of ether oxygens (including phenoxy) is 1. The van der Waals surface area contributed by atoms with Crippen LogP contribution in [0.2, 0.25) is 0 Å². The summed E-state index contributed by atoms with van der Waals surface area (Å²) in [6, 6.07) is 1.41. The van der Waals surface area contributed by atoms with E-state index in [1.165, 1.54) is 6.42 Å². The van der Waals surface area contributed by atoms with E-state index >= 15 is 0 Å². The number of nitrogens with one attached hydrogen (secondary N) is 2. The lowest BCUT2D eigenvalue weighted by Crippen LogP contribution is -2.48. The van der Waals surface area contributed by atoms with Gasteiger partial charge < -0.3 is 20.3 Å². The number of carbonyl (C=O) groups excluding carboxylic acids is 2. The van der Waals surface area contributed by atoms with Crippen molar-refractivity contribution >= 4 is 12.0 Å².